The summed E-state index contributed by atoms with van der Waals surface area (Å²) in [6.07, 6.45) is 2.61. The van der Waals surface area contributed by atoms with Crippen molar-refractivity contribution < 1.29 is 14.7 Å². The number of fused-ring (bicyclic) bond motifs is 2. The number of anilines is 1. The lowest BCUT2D eigenvalue weighted by Crippen LogP contribution is -2.21. The number of hydrogen-bond acceptors (Lipinski definition) is 4. The summed E-state index contributed by atoms with van der Waals surface area (Å²) < 4.78 is 1.62. The zero-order chi connectivity index (χ0) is 23.0. The number of aliphatic carboxylic acids is 1. The molecule has 0 spiro atoms. The van der Waals surface area contributed by atoms with Gasteiger partial charge < -0.3 is 10.4 Å². The first-order valence-corrected chi connectivity index (χ1v) is 10.5. The fraction of sp³-hybridized carbons (Fsp3) is 0.0909. The van der Waals surface area contributed by atoms with Gasteiger partial charge in [0.05, 0.1) is 10.9 Å². The van der Waals surface area contributed by atoms with Gasteiger partial charge in [0.2, 0.25) is 0 Å². The molecule has 2 aromatic carbocycles. The van der Waals surface area contributed by atoms with Crippen LogP contribution in [-0.4, -0.2) is 26.5 Å². The van der Waals surface area contributed by atoms with E-state index in [0.717, 1.165) is 11.1 Å². The van der Waals surface area contributed by atoms with E-state index in [1.807, 2.05) is 18.2 Å². The molecular formula is C22H14Cl3N3O4. The average molecular weight is 491 g/mol. The summed E-state index contributed by atoms with van der Waals surface area (Å²) in [4.78, 5) is 40.6. The number of nitrogens with zero attached hydrogens (tertiary/aromatic N) is 2. The molecule has 1 aliphatic heterocycles. The molecule has 162 valence electrons. The van der Waals surface area contributed by atoms with E-state index in [1.165, 1.54) is 12.1 Å². The predicted molar refractivity (Wildman–Crippen MR) is 125 cm³/mol. The maximum atomic E-state index is 12.9. The normalized spacial score (nSPS) is 14.9. The molecule has 0 fully saturated rings. The van der Waals surface area contributed by atoms with E-state index in [2.05, 4.69) is 10.3 Å². The van der Waals surface area contributed by atoms with Crippen molar-refractivity contribution >= 4 is 74.9 Å². The lowest BCUT2D eigenvalue weighted by Gasteiger charge is -2.09. The number of carboxylic acid groups (broad SMARTS) is 1. The summed E-state index contributed by atoms with van der Waals surface area (Å²) in [7, 11) is 0. The molecule has 0 atom stereocenters. The monoisotopic (exact) mass is 489 g/mol. The second kappa shape index (κ2) is 8.78. The van der Waals surface area contributed by atoms with Crippen LogP contribution in [0.4, 0.5) is 5.69 Å². The molecule has 0 radical (unpaired) electrons. The Labute approximate surface area is 196 Å². The highest BCUT2D eigenvalue weighted by Gasteiger charge is 2.22. The summed E-state index contributed by atoms with van der Waals surface area (Å²) in [6.45, 7) is 0.517. The highest BCUT2D eigenvalue weighted by molar-refractivity contribution is 6.54. The van der Waals surface area contributed by atoms with Gasteiger partial charge in [0.25, 0.3) is 11.5 Å². The second-order valence-corrected chi connectivity index (χ2v) is 8.17. The molecule has 0 saturated heterocycles. The Balaban J connectivity index is 1.72. The minimum Gasteiger partial charge on any atom is -0.477 e. The Morgan fingerprint density at radius 1 is 1.09 bits per heavy atom. The number of carbonyl (C=O) groups excluding carboxylic acids is 1. The number of aromatic nitrogens is 2. The van der Waals surface area contributed by atoms with Crippen LogP contribution in [0.15, 0.2) is 57.3 Å². The van der Waals surface area contributed by atoms with Gasteiger partial charge in [0.15, 0.2) is 0 Å². The topological polar surface area (TPSA) is 101 Å². The number of rotatable bonds is 4. The molecule has 1 aromatic heterocycles. The maximum absolute atomic E-state index is 12.9. The van der Waals surface area contributed by atoms with Crippen LogP contribution >= 0.6 is 34.8 Å². The van der Waals surface area contributed by atoms with Crippen molar-refractivity contribution in [1.29, 1.82) is 0 Å². The second-order valence-electron chi connectivity index (χ2n) is 6.98. The van der Waals surface area contributed by atoms with Crippen LogP contribution in [-0.2, 0) is 16.1 Å². The summed E-state index contributed by atoms with van der Waals surface area (Å²) >= 11 is 17.2. The molecule has 0 aliphatic carbocycles. The molecule has 7 nitrogen and oxygen atoms in total. The van der Waals surface area contributed by atoms with Gasteiger partial charge in [0, 0.05) is 17.3 Å². The predicted octanol–water partition coefficient (Wildman–Crippen LogP) is 4.71. The number of carbonyl (C=O) groups is 2. The third-order valence-corrected chi connectivity index (χ3v) is 5.96. The fourth-order valence-electron chi connectivity index (χ4n) is 3.37. The minimum absolute atomic E-state index is 0.186. The number of halogens is 3. The number of benzene rings is 2. The SMILES string of the molecule is O=C(O)C(Cl)=C(Cl)C(=O)Nc1ccc2c(=O)n3c(nc2c1)C(=Cc1ccc(Cl)cc1)CC3. The Morgan fingerprint density at radius 2 is 1.81 bits per heavy atom. The molecule has 2 N–H and O–H groups in total. The Kier molecular flexibility index (Phi) is 6.06. The third kappa shape index (κ3) is 4.27. The van der Waals surface area contributed by atoms with E-state index in [4.69, 9.17) is 39.9 Å². The smallest absolute Gasteiger partial charge is 0.349 e. The van der Waals surface area contributed by atoms with Crippen LogP contribution in [0.5, 0.6) is 0 Å². The lowest BCUT2D eigenvalue weighted by atomic mass is 10.1. The highest BCUT2D eigenvalue weighted by Crippen LogP contribution is 2.28. The largest absolute Gasteiger partial charge is 0.477 e. The maximum Gasteiger partial charge on any atom is 0.349 e. The highest BCUT2D eigenvalue weighted by atomic mass is 35.5. The van der Waals surface area contributed by atoms with E-state index in [0.29, 0.717) is 34.7 Å². The van der Waals surface area contributed by atoms with Gasteiger partial charge in [0.1, 0.15) is 15.9 Å². The number of allylic oxidation sites excluding steroid dienone is 1. The third-order valence-electron chi connectivity index (χ3n) is 4.90. The summed E-state index contributed by atoms with van der Waals surface area (Å²) in [6, 6.07) is 11.9. The first kappa shape index (κ1) is 22.1. The van der Waals surface area contributed by atoms with E-state index >= 15 is 0 Å². The van der Waals surface area contributed by atoms with Crippen LogP contribution in [0.2, 0.25) is 5.02 Å². The van der Waals surface area contributed by atoms with Crippen LogP contribution in [0.1, 0.15) is 17.8 Å². The van der Waals surface area contributed by atoms with Gasteiger partial charge in [-0.1, -0.05) is 46.9 Å². The summed E-state index contributed by atoms with van der Waals surface area (Å²) in [5, 5.41) is 10.9. The molecule has 32 heavy (non-hydrogen) atoms. The van der Waals surface area contributed by atoms with Gasteiger partial charge >= 0.3 is 5.97 Å². The zero-order valence-corrected chi connectivity index (χ0v) is 18.5. The van der Waals surface area contributed by atoms with Crippen molar-refractivity contribution in [2.75, 3.05) is 5.32 Å². The molecule has 4 rings (SSSR count). The Hall–Kier alpha value is -3.13. The summed E-state index contributed by atoms with van der Waals surface area (Å²) in [5.41, 5.74) is 2.32. The van der Waals surface area contributed by atoms with Gasteiger partial charge in [-0.2, -0.15) is 0 Å². The van der Waals surface area contributed by atoms with Crippen molar-refractivity contribution in [1.82, 2.24) is 9.55 Å². The average Bonchev–Trinajstić information content (AvgIpc) is 3.16. The quantitative estimate of drug-likeness (QED) is 0.516. The molecule has 1 amide bonds. The van der Waals surface area contributed by atoms with Gasteiger partial charge in [-0.05, 0) is 54.0 Å². The number of nitrogens with one attached hydrogen (secondary N) is 1. The molecule has 2 heterocycles. The van der Waals surface area contributed by atoms with Crippen LogP contribution in [0.3, 0.4) is 0 Å². The fourth-order valence-corrected chi connectivity index (χ4v) is 3.71. The van der Waals surface area contributed by atoms with Crippen LogP contribution in [0.25, 0.3) is 22.6 Å². The van der Waals surface area contributed by atoms with Crippen molar-refractivity contribution in [3.05, 3.63) is 79.3 Å². The van der Waals surface area contributed by atoms with Crippen molar-refractivity contribution in [3.63, 3.8) is 0 Å². The van der Waals surface area contributed by atoms with E-state index in [9.17, 15) is 14.4 Å². The van der Waals surface area contributed by atoms with Gasteiger partial charge in [-0.25, -0.2) is 9.78 Å². The molecule has 1 aliphatic rings. The Morgan fingerprint density at radius 3 is 2.50 bits per heavy atom. The standard InChI is InChI=1S/C22H14Cl3N3O4/c23-13-3-1-11(2-4-13)9-12-7-8-28-19(12)27-16-10-14(5-6-15(16)21(28)30)26-20(29)17(24)18(25)22(31)32/h1-6,9-10H,7-8H2,(H,26,29)(H,31,32). The molecule has 0 unspecified atom stereocenters. The van der Waals surface area contributed by atoms with Crippen LogP contribution in [0, 0.1) is 0 Å². The summed E-state index contributed by atoms with van der Waals surface area (Å²) in [5.74, 6) is -1.86. The number of carboxylic acids is 1. The first-order chi connectivity index (χ1) is 15.2. The number of hydrogen-bond donors (Lipinski definition) is 2. The molecule has 3 aromatic rings. The molecule has 10 heteroatoms. The molecular weight excluding hydrogens is 477 g/mol. The van der Waals surface area contributed by atoms with Crippen molar-refractivity contribution in [2.45, 2.75) is 13.0 Å². The van der Waals surface area contributed by atoms with Crippen LogP contribution < -0.4 is 10.9 Å². The lowest BCUT2D eigenvalue weighted by molar-refractivity contribution is -0.132. The minimum atomic E-state index is -1.52. The van der Waals surface area contributed by atoms with Gasteiger partial charge in [-0.15, -0.1) is 0 Å². The van der Waals surface area contributed by atoms with Crippen molar-refractivity contribution in [2.24, 2.45) is 0 Å². The molecule has 0 bridgehead atoms. The van der Waals surface area contributed by atoms with Gasteiger partial charge in [-0.3, -0.25) is 14.2 Å². The molecule has 0 saturated carbocycles. The van der Waals surface area contributed by atoms with E-state index in [-0.39, 0.29) is 11.2 Å². The van der Waals surface area contributed by atoms with Crippen molar-refractivity contribution in [3.8, 4) is 0 Å². The zero-order valence-electron chi connectivity index (χ0n) is 16.2. The Bertz CT molecular complexity index is 1390. The first-order valence-electron chi connectivity index (χ1n) is 9.35. The number of amides is 1. The van der Waals surface area contributed by atoms with E-state index < -0.39 is 21.9 Å². The van der Waals surface area contributed by atoms with E-state index in [1.54, 1.807) is 22.8 Å².